The number of benzene rings is 1. The topological polar surface area (TPSA) is 30.5 Å². The molecule has 0 atom stereocenters. The van der Waals surface area contributed by atoms with Crippen molar-refractivity contribution in [3.8, 4) is 5.75 Å². The summed E-state index contributed by atoms with van der Waals surface area (Å²) in [7, 11) is 1.47. The quantitative estimate of drug-likeness (QED) is 0.746. The maximum Gasteiger partial charge on any atom is 0.419 e. The Labute approximate surface area is 117 Å². The molecule has 0 saturated heterocycles. The fraction of sp³-hybridized carbons (Fsp3) is 0.571. The Morgan fingerprint density at radius 3 is 2.55 bits per heavy atom. The van der Waals surface area contributed by atoms with E-state index in [0.29, 0.717) is 12.1 Å². The number of hydrogen-bond acceptors (Lipinski definition) is 3. The Bertz CT molecular complexity index is 408. The Morgan fingerprint density at radius 2 is 1.95 bits per heavy atom. The van der Waals surface area contributed by atoms with Gasteiger partial charge in [0, 0.05) is 13.7 Å². The predicted molar refractivity (Wildman–Crippen MR) is 70.8 cm³/mol. The molecule has 1 rings (SSSR count). The number of ether oxygens (including phenoxy) is 2. The van der Waals surface area contributed by atoms with Crippen LogP contribution in [0.15, 0.2) is 18.2 Å². The monoisotopic (exact) mass is 291 g/mol. The molecule has 3 nitrogen and oxygen atoms in total. The zero-order chi connectivity index (χ0) is 15.0. The number of nitrogens with one attached hydrogen (secondary N) is 1. The van der Waals surface area contributed by atoms with Gasteiger partial charge in [-0.3, -0.25) is 0 Å². The largest absolute Gasteiger partial charge is 0.491 e. The van der Waals surface area contributed by atoms with Crippen LogP contribution >= 0.6 is 0 Å². The van der Waals surface area contributed by atoms with Gasteiger partial charge >= 0.3 is 6.18 Å². The summed E-state index contributed by atoms with van der Waals surface area (Å²) in [5, 5.41) is 3.07. The van der Waals surface area contributed by atoms with Gasteiger partial charge in [-0.1, -0.05) is 13.0 Å². The van der Waals surface area contributed by atoms with E-state index >= 15 is 0 Å². The summed E-state index contributed by atoms with van der Waals surface area (Å²) in [5.41, 5.74) is -0.158. The zero-order valence-corrected chi connectivity index (χ0v) is 11.7. The van der Waals surface area contributed by atoms with Crippen molar-refractivity contribution in [1.82, 2.24) is 5.32 Å². The number of hydrogen-bond donors (Lipinski definition) is 1. The van der Waals surface area contributed by atoms with E-state index in [1.165, 1.54) is 13.2 Å². The Kier molecular flexibility index (Phi) is 6.81. The summed E-state index contributed by atoms with van der Waals surface area (Å²) in [6.45, 7) is 3.52. The molecule has 20 heavy (non-hydrogen) atoms. The summed E-state index contributed by atoms with van der Waals surface area (Å²) in [6.07, 6.45) is -3.49. The minimum Gasteiger partial charge on any atom is -0.491 e. The van der Waals surface area contributed by atoms with Crippen LogP contribution in [0.2, 0.25) is 0 Å². The smallest absolute Gasteiger partial charge is 0.419 e. The first-order chi connectivity index (χ1) is 9.49. The van der Waals surface area contributed by atoms with Crippen molar-refractivity contribution >= 4 is 0 Å². The highest BCUT2D eigenvalue weighted by atomic mass is 19.4. The van der Waals surface area contributed by atoms with Crippen molar-refractivity contribution in [3.63, 3.8) is 0 Å². The molecule has 0 aromatic heterocycles. The summed E-state index contributed by atoms with van der Waals surface area (Å²) in [5.74, 6) is -0.159. The van der Waals surface area contributed by atoms with Gasteiger partial charge in [0.05, 0.1) is 12.2 Å². The van der Waals surface area contributed by atoms with Crippen LogP contribution in [0.5, 0.6) is 5.75 Å². The van der Waals surface area contributed by atoms with Gasteiger partial charge in [-0.05, 0) is 30.7 Å². The Morgan fingerprint density at radius 1 is 1.20 bits per heavy atom. The van der Waals surface area contributed by atoms with Crippen LogP contribution in [0.25, 0.3) is 0 Å². The van der Waals surface area contributed by atoms with Crippen molar-refractivity contribution in [3.05, 3.63) is 29.3 Å². The predicted octanol–water partition coefficient (Wildman–Crippen LogP) is 3.23. The van der Waals surface area contributed by atoms with Crippen LogP contribution in [-0.4, -0.2) is 26.9 Å². The van der Waals surface area contributed by atoms with Crippen LogP contribution < -0.4 is 10.1 Å². The number of alkyl halides is 3. The van der Waals surface area contributed by atoms with Crippen LogP contribution in [0, 0.1) is 0 Å². The van der Waals surface area contributed by atoms with Crippen molar-refractivity contribution in [2.45, 2.75) is 26.1 Å². The molecule has 0 bridgehead atoms. The molecule has 1 N–H and O–H groups in total. The van der Waals surface area contributed by atoms with Crippen LogP contribution in [0.1, 0.15) is 24.5 Å². The molecule has 0 radical (unpaired) electrons. The fourth-order valence-electron chi connectivity index (χ4n) is 1.68. The molecule has 0 fully saturated rings. The second kappa shape index (κ2) is 8.11. The molecule has 0 aliphatic rings. The molecule has 1 aromatic rings. The Balaban J connectivity index is 2.83. The lowest BCUT2D eigenvalue weighted by atomic mass is 10.1. The summed E-state index contributed by atoms with van der Waals surface area (Å²) >= 11 is 0. The van der Waals surface area contributed by atoms with Gasteiger partial charge in [-0.2, -0.15) is 13.2 Å². The zero-order valence-electron chi connectivity index (χ0n) is 11.7. The van der Waals surface area contributed by atoms with Crippen molar-refractivity contribution in [2.24, 2.45) is 0 Å². The molecular formula is C14H20F3NO2. The van der Waals surface area contributed by atoms with Gasteiger partial charge < -0.3 is 14.8 Å². The van der Waals surface area contributed by atoms with E-state index in [0.717, 1.165) is 19.0 Å². The van der Waals surface area contributed by atoms with Crippen LogP contribution in [0.3, 0.4) is 0 Å². The molecule has 0 heterocycles. The fourth-order valence-corrected chi connectivity index (χ4v) is 1.68. The SMILES string of the molecule is CCCNCc1ccc(OCCOC)c(C(F)(F)F)c1. The highest BCUT2D eigenvalue weighted by Crippen LogP contribution is 2.36. The first kappa shape index (κ1) is 16.8. The van der Waals surface area contributed by atoms with Gasteiger partial charge in [-0.25, -0.2) is 0 Å². The third kappa shape index (κ3) is 5.38. The summed E-state index contributed by atoms with van der Waals surface area (Å²) in [4.78, 5) is 0. The van der Waals surface area contributed by atoms with E-state index in [1.807, 2.05) is 6.92 Å². The molecule has 0 aliphatic carbocycles. The van der Waals surface area contributed by atoms with Gasteiger partial charge in [0.25, 0.3) is 0 Å². The average Bonchev–Trinajstić information content (AvgIpc) is 2.39. The normalized spacial score (nSPS) is 11.7. The minimum atomic E-state index is -4.43. The number of methoxy groups -OCH3 is 1. The van der Waals surface area contributed by atoms with Gasteiger partial charge in [0.15, 0.2) is 0 Å². The maximum atomic E-state index is 13.0. The number of halogens is 3. The minimum absolute atomic E-state index is 0.0903. The second-order valence-electron chi connectivity index (χ2n) is 4.35. The molecule has 0 unspecified atom stereocenters. The van der Waals surface area contributed by atoms with E-state index in [1.54, 1.807) is 6.07 Å². The second-order valence-corrected chi connectivity index (χ2v) is 4.35. The van der Waals surface area contributed by atoms with E-state index in [-0.39, 0.29) is 19.0 Å². The maximum absolute atomic E-state index is 13.0. The molecule has 0 spiro atoms. The van der Waals surface area contributed by atoms with E-state index in [9.17, 15) is 13.2 Å². The summed E-state index contributed by atoms with van der Waals surface area (Å²) in [6, 6.07) is 4.13. The van der Waals surface area contributed by atoms with Crippen LogP contribution in [0.4, 0.5) is 13.2 Å². The third-order valence-electron chi connectivity index (χ3n) is 2.65. The van der Waals surface area contributed by atoms with E-state index in [2.05, 4.69) is 5.32 Å². The average molecular weight is 291 g/mol. The van der Waals surface area contributed by atoms with Crippen molar-refractivity contribution < 1.29 is 22.6 Å². The molecule has 0 amide bonds. The lowest BCUT2D eigenvalue weighted by Crippen LogP contribution is -2.16. The lowest BCUT2D eigenvalue weighted by Gasteiger charge is -2.15. The van der Waals surface area contributed by atoms with E-state index in [4.69, 9.17) is 9.47 Å². The number of rotatable bonds is 8. The highest BCUT2D eigenvalue weighted by Gasteiger charge is 2.34. The highest BCUT2D eigenvalue weighted by molar-refractivity contribution is 5.39. The van der Waals surface area contributed by atoms with Crippen molar-refractivity contribution in [2.75, 3.05) is 26.9 Å². The lowest BCUT2D eigenvalue weighted by molar-refractivity contribution is -0.139. The molecular weight excluding hydrogens is 271 g/mol. The molecule has 0 saturated carbocycles. The van der Waals surface area contributed by atoms with E-state index < -0.39 is 11.7 Å². The van der Waals surface area contributed by atoms with Crippen molar-refractivity contribution in [1.29, 1.82) is 0 Å². The van der Waals surface area contributed by atoms with Gasteiger partial charge in [0.1, 0.15) is 12.4 Å². The third-order valence-corrected chi connectivity index (χ3v) is 2.65. The molecule has 0 aliphatic heterocycles. The van der Waals surface area contributed by atoms with Gasteiger partial charge in [-0.15, -0.1) is 0 Å². The summed E-state index contributed by atoms with van der Waals surface area (Å²) < 4.78 is 48.9. The first-order valence-electron chi connectivity index (χ1n) is 6.51. The standard InChI is InChI=1S/C14H20F3NO2/c1-3-6-18-10-11-4-5-13(20-8-7-19-2)12(9-11)14(15,16)17/h4-5,9,18H,3,6-8,10H2,1-2H3. The first-order valence-corrected chi connectivity index (χ1v) is 6.51. The van der Waals surface area contributed by atoms with Crippen LogP contribution in [-0.2, 0) is 17.5 Å². The molecule has 114 valence electrons. The molecule has 1 aromatic carbocycles. The van der Waals surface area contributed by atoms with Gasteiger partial charge in [0.2, 0.25) is 0 Å². The molecule has 6 heteroatoms. The Hall–Kier alpha value is -1.27.